The summed E-state index contributed by atoms with van der Waals surface area (Å²) < 4.78 is 0. The van der Waals surface area contributed by atoms with Crippen LogP contribution in [0, 0.1) is 0 Å². The quantitative estimate of drug-likeness (QED) is 0.631. The molecule has 3 heteroatoms. The molecule has 0 aromatic rings. The minimum absolute atomic E-state index is 0.0381. The Balaban J connectivity index is 3.94. The Morgan fingerprint density at radius 2 is 2.15 bits per heavy atom. The summed E-state index contributed by atoms with van der Waals surface area (Å²) in [5.41, 5.74) is 6.51. The second-order valence-corrected chi connectivity index (χ2v) is 3.45. The molecule has 0 heterocycles. The van der Waals surface area contributed by atoms with Crippen LogP contribution in [0.25, 0.3) is 0 Å². The molecule has 0 aliphatic carbocycles. The fourth-order valence-corrected chi connectivity index (χ4v) is 1.10. The van der Waals surface area contributed by atoms with E-state index in [0.717, 1.165) is 18.4 Å². The van der Waals surface area contributed by atoms with Gasteiger partial charge in [-0.1, -0.05) is 18.9 Å². The molecular formula is C10H20N2O. The number of carbonyl (C=O) groups is 1. The molecule has 3 N–H and O–H groups in total. The van der Waals surface area contributed by atoms with Crippen LogP contribution >= 0.6 is 0 Å². The molecule has 0 saturated heterocycles. The monoisotopic (exact) mass is 184 g/mol. The van der Waals surface area contributed by atoms with Gasteiger partial charge in [-0.15, -0.1) is 0 Å². The average molecular weight is 184 g/mol. The molecule has 1 amide bonds. The normalized spacial score (nSPS) is 12.0. The van der Waals surface area contributed by atoms with Crippen molar-refractivity contribution >= 4 is 5.91 Å². The van der Waals surface area contributed by atoms with Crippen molar-refractivity contribution in [1.82, 2.24) is 5.32 Å². The molecule has 0 fully saturated rings. The topological polar surface area (TPSA) is 55.1 Å². The zero-order valence-electron chi connectivity index (χ0n) is 8.76. The molecule has 3 nitrogen and oxygen atoms in total. The number of carbonyl (C=O) groups excluding carboxylic acids is 1. The van der Waals surface area contributed by atoms with Crippen LogP contribution in [0.4, 0.5) is 0 Å². The van der Waals surface area contributed by atoms with E-state index >= 15 is 0 Å². The van der Waals surface area contributed by atoms with Gasteiger partial charge in [0, 0.05) is 18.7 Å². The first-order chi connectivity index (χ1) is 6.10. The van der Waals surface area contributed by atoms with Crippen LogP contribution in [0.1, 0.15) is 33.6 Å². The Morgan fingerprint density at radius 3 is 2.54 bits per heavy atom. The van der Waals surface area contributed by atoms with E-state index in [2.05, 4.69) is 12.2 Å². The van der Waals surface area contributed by atoms with Crippen LogP contribution < -0.4 is 11.1 Å². The first-order valence-electron chi connectivity index (χ1n) is 4.75. The van der Waals surface area contributed by atoms with E-state index < -0.39 is 0 Å². The lowest BCUT2D eigenvalue weighted by Gasteiger charge is -2.14. The Morgan fingerprint density at radius 1 is 1.54 bits per heavy atom. The highest BCUT2D eigenvalue weighted by Gasteiger charge is 2.06. The molecule has 13 heavy (non-hydrogen) atoms. The van der Waals surface area contributed by atoms with Gasteiger partial charge in [-0.25, -0.2) is 0 Å². The highest BCUT2D eigenvalue weighted by molar-refractivity contribution is 5.88. The molecule has 0 rings (SSSR count). The molecule has 0 bridgehead atoms. The summed E-state index contributed by atoms with van der Waals surface area (Å²) in [6.45, 7) is 6.39. The lowest BCUT2D eigenvalue weighted by Crippen LogP contribution is -2.39. The van der Waals surface area contributed by atoms with Gasteiger partial charge < -0.3 is 11.1 Å². The Hall–Kier alpha value is -0.830. The van der Waals surface area contributed by atoms with Crippen LogP contribution in [0.2, 0.25) is 0 Å². The lowest BCUT2D eigenvalue weighted by atomic mass is 10.1. The second kappa shape index (κ2) is 6.66. The third-order valence-electron chi connectivity index (χ3n) is 1.69. The maximum absolute atomic E-state index is 11.3. The van der Waals surface area contributed by atoms with Gasteiger partial charge >= 0.3 is 0 Å². The van der Waals surface area contributed by atoms with Gasteiger partial charge in [0.05, 0.1) is 0 Å². The zero-order valence-corrected chi connectivity index (χ0v) is 8.76. The molecular weight excluding hydrogens is 164 g/mol. The van der Waals surface area contributed by atoms with Crippen molar-refractivity contribution in [1.29, 1.82) is 0 Å². The average Bonchev–Trinajstić information content (AvgIpc) is 2.02. The largest absolute Gasteiger partial charge is 0.349 e. The highest BCUT2D eigenvalue weighted by atomic mass is 16.1. The van der Waals surface area contributed by atoms with Gasteiger partial charge in [0.15, 0.2) is 0 Å². The lowest BCUT2D eigenvalue weighted by molar-refractivity contribution is -0.117. The van der Waals surface area contributed by atoms with E-state index in [0.29, 0.717) is 6.54 Å². The first kappa shape index (κ1) is 12.2. The number of nitrogens with two attached hydrogens (primary N) is 1. The molecule has 0 spiro atoms. The molecule has 0 radical (unpaired) electrons. The highest BCUT2D eigenvalue weighted by Crippen LogP contribution is 1.95. The predicted molar refractivity (Wildman–Crippen MR) is 55.3 cm³/mol. The minimum Gasteiger partial charge on any atom is -0.349 e. The standard InChI is InChI=1S/C10H20N2O/c1-4-5-9(7-11)12-10(13)6-8(2)3/h6,9H,4-5,7,11H2,1-3H3,(H,12,13). The Bertz CT molecular complexity index is 183. The number of hydrogen-bond acceptors (Lipinski definition) is 2. The summed E-state index contributed by atoms with van der Waals surface area (Å²) in [5, 5.41) is 2.86. The molecule has 76 valence electrons. The summed E-state index contributed by atoms with van der Waals surface area (Å²) in [4.78, 5) is 11.3. The smallest absolute Gasteiger partial charge is 0.244 e. The van der Waals surface area contributed by atoms with E-state index in [9.17, 15) is 4.79 Å². The molecule has 0 saturated carbocycles. The van der Waals surface area contributed by atoms with Crippen molar-refractivity contribution in [3.05, 3.63) is 11.6 Å². The number of nitrogens with one attached hydrogen (secondary N) is 1. The van der Waals surface area contributed by atoms with Crippen LogP contribution in [-0.4, -0.2) is 18.5 Å². The van der Waals surface area contributed by atoms with E-state index in [-0.39, 0.29) is 11.9 Å². The molecule has 0 aliphatic rings. The first-order valence-corrected chi connectivity index (χ1v) is 4.75. The van der Waals surface area contributed by atoms with Crippen molar-refractivity contribution in [2.24, 2.45) is 5.73 Å². The number of amides is 1. The third-order valence-corrected chi connectivity index (χ3v) is 1.69. The Kier molecular flexibility index (Phi) is 6.24. The van der Waals surface area contributed by atoms with Gasteiger partial charge in [-0.2, -0.15) is 0 Å². The maximum Gasteiger partial charge on any atom is 0.244 e. The van der Waals surface area contributed by atoms with Crippen LogP contribution in [0.5, 0.6) is 0 Å². The number of hydrogen-bond donors (Lipinski definition) is 2. The second-order valence-electron chi connectivity index (χ2n) is 3.45. The van der Waals surface area contributed by atoms with Crippen molar-refractivity contribution in [2.45, 2.75) is 39.7 Å². The van der Waals surface area contributed by atoms with Crippen molar-refractivity contribution in [3.63, 3.8) is 0 Å². The zero-order chi connectivity index (χ0) is 10.3. The summed E-state index contributed by atoms with van der Waals surface area (Å²) in [5.74, 6) is -0.0381. The van der Waals surface area contributed by atoms with E-state index in [1.54, 1.807) is 6.08 Å². The number of rotatable bonds is 5. The van der Waals surface area contributed by atoms with Crippen molar-refractivity contribution < 1.29 is 4.79 Å². The molecule has 0 aliphatic heterocycles. The molecule has 0 aromatic carbocycles. The summed E-state index contributed by atoms with van der Waals surface area (Å²) >= 11 is 0. The molecule has 1 atom stereocenters. The minimum atomic E-state index is -0.0381. The van der Waals surface area contributed by atoms with Crippen LogP contribution in [0.15, 0.2) is 11.6 Å². The maximum atomic E-state index is 11.3. The van der Waals surface area contributed by atoms with Gasteiger partial charge in [-0.05, 0) is 20.3 Å². The van der Waals surface area contributed by atoms with E-state index in [1.165, 1.54) is 0 Å². The van der Waals surface area contributed by atoms with Gasteiger partial charge in [0.25, 0.3) is 0 Å². The fourth-order valence-electron chi connectivity index (χ4n) is 1.10. The Labute approximate surface area is 80.4 Å². The SMILES string of the molecule is CCCC(CN)NC(=O)C=C(C)C. The van der Waals surface area contributed by atoms with Crippen LogP contribution in [0.3, 0.4) is 0 Å². The van der Waals surface area contributed by atoms with Gasteiger partial charge in [-0.3, -0.25) is 4.79 Å². The van der Waals surface area contributed by atoms with E-state index in [4.69, 9.17) is 5.73 Å². The third kappa shape index (κ3) is 6.34. The summed E-state index contributed by atoms with van der Waals surface area (Å²) in [6.07, 6.45) is 3.58. The summed E-state index contributed by atoms with van der Waals surface area (Å²) in [6, 6.07) is 0.119. The van der Waals surface area contributed by atoms with Gasteiger partial charge in [0.2, 0.25) is 5.91 Å². The summed E-state index contributed by atoms with van der Waals surface area (Å²) in [7, 11) is 0. The van der Waals surface area contributed by atoms with Crippen molar-refractivity contribution in [2.75, 3.05) is 6.54 Å². The van der Waals surface area contributed by atoms with Crippen molar-refractivity contribution in [3.8, 4) is 0 Å². The molecule has 1 unspecified atom stereocenters. The number of allylic oxidation sites excluding steroid dienone is 1. The van der Waals surface area contributed by atoms with E-state index in [1.807, 2.05) is 13.8 Å². The van der Waals surface area contributed by atoms with Crippen LogP contribution in [-0.2, 0) is 4.79 Å². The molecule has 0 aromatic heterocycles. The predicted octanol–water partition coefficient (Wildman–Crippen LogP) is 1.20. The van der Waals surface area contributed by atoms with Gasteiger partial charge in [0.1, 0.15) is 0 Å². The fraction of sp³-hybridized carbons (Fsp3) is 0.700.